The first-order valence-electron chi connectivity index (χ1n) is 7.64. The summed E-state index contributed by atoms with van der Waals surface area (Å²) in [4.78, 5) is 30.0. The van der Waals surface area contributed by atoms with Gasteiger partial charge in [0, 0.05) is 0 Å². The number of hydrogen-bond donors (Lipinski definition) is 0. The van der Waals surface area contributed by atoms with Crippen molar-refractivity contribution in [3.63, 3.8) is 0 Å². The highest BCUT2D eigenvalue weighted by atomic mass is 16.6. The zero-order chi connectivity index (χ0) is 17.9. The smallest absolute Gasteiger partial charge is 0.326 e. The number of methoxy groups -OCH3 is 1. The minimum absolute atomic E-state index is 0.147. The van der Waals surface area contributed by atoms with Crippen LogP contribution in [0.15, 0.2) is 35.0 Å². The van der Waals surface area contributed by atoms with Gasteiger partial charge in [-0.15, -0.1) is 0 Å². The number of ether oxygens (including phenoxy) is 2. The summed E-state index contributed by atoms with van der Waals surface area (Å²) in [5.74, 6) is 0.442. The van der Waals surface area contributed by atoms with E-state index in [-0.39, 0.29) is 12.5 Å². The Labute approximate surface area is 141 Å². The highest BCUT2D eigenvalue weighted by Crippen LogP contribution is 2.20. The van der Waals surface area contributed by atoms with Crippen LogP contribution in [0.4, 0.5) is 0 Å². The Kier molecular flexibility index (Phi) is 5.07. The summed E-state index contributed by atoms with van der Waals surface area (Å²) < 4.78 is 10.4. The fraction of sp³-hybridized carbons (Fsp3) is 0.389. The number of amides is 1. The van der Waals surface area contributed by atoms with Crippen LogP contribution < -0.4 is 4.74 Å². The van der Waals surface area contributed by atoms with Crippen molar-refractivity contribution in [1.82, 2.24) is 4.90 Å². The maximum atomic E-state index is 12.5. The largest absolute Gasteiger partial charge is 0.497 e. The van der Waals surface area contributed by atoms with Crippen molar-refractivity contribution in [2.45, 2.75) is 33.3 Å². The Morgan fingerprint density at radius 3 is 2.42 bits per heavy atom. The molecule has 1 aromatic rings. The van der Waals surface area contributed by atoms with E-state index < -0.39 is 11.6 Å². The standard InChI is InChI=1S/C18H22N2O4/c1-12-19-15(10-13-6-8-14(23-5)9-7-13)17(22)20(12)11-16(21)24-18(2,3)4/h6-10H,11H2,1-5H3/b15-10-. The molecule has 6 nitrogen and oxygen atoms in total. The summed E-state index contributed by atoms with van der Waals surface area (Å²) in [6.45, 7) is 6.90. The Balaban J connectivity index is 2.11. The maximum Gasteiger partial charge on any atom is 0.326 e. The Bertz CT molecular complexity index is 697. The Morgan fingerprint density at radius 1 is 1.25 bits per heavy atom. The first-order chi connectivity index (χ1) is 11.2. The van der Waals surface area contributed by atoms with Crippen molar-refractivity contribution in [3.05, 3.63) is 35.5 Å². The van der Waals surface area contributed by atoms with Crippen LogP contribution in [-0.4, -0.2) is 41.9 Å². The van der Waals surface area contributed by atoms with Crippen molar-refractivity contribution < 1.29 is 19.1 Å². The molecule has 1 aromatic carbocycles. The third kappa shape index (κ3) is 4.44. The first-order valence-corrected chi connectivity index (χ1v) is 7.64. The summed E-state index contributed by atoms with van der Waals surface area (Å²) >= 11 is 0. The predicted molar refractivity (Wildman–Crippen MR) is 91.6 cm³/mol. The van der Waals surface area contributed by atoms with E-state index in [1.54, 1.807) is 53.0 Å². The lowest BCUT2D eigenvalue weighted by atomic mass is 10.2. The number of esters is 1. The highest BCUT2D eigenvalue weighted by Gasteiger charge is 2.30. The van der Waals surface area contributed by atoms with Gasteiger partial charge in [0.1, 0.15) is 29.4 Å². The summed E-state index contributed by atoms with van der Waals surface area (Å²) in [6.07, 6.45) is 1.68. The van der Waals surface area contributed by atoms with E-state index in [0.29, 0.717) is 11.5 Å². The maximum absolute atomic E-state index is 12.5. The van der Waals surface area contributed by atoms with Gasteiger partial charge in [-0.05, 0) is 51.5 Å². The molecule has 0 radical (unpaired) electrons. The number of hydrogen-bond acceptors (Lipinski definition) is 5. The van der Waals surface area contributed by atoms with E-state index in [2.05, 4.69) is 4.99 Å². The lowest BCUT2D eigenvalue weighted by Crippen LogP contribution is -2.38. The molecule has 1 aliphatic rings. The molecule has 0 unspecified atom stereocenters. The number of carbonyl (C=O) groups is 2. The fourth-order valence-corrected chi connectivity index (χ4v) is 2.21. The van der Waals surface area contributed by atoms with Crippen molar-refractivity contribution in [1.29, 1.82) is 0 Å². The number of nitrogens with zero attached hydrogens (tertiary/aromatic N) is 2. The second kappa shape index (κ2) is 6.86. The summed E-state index contributed by atoms with van der Waals surface area (Å²) in [5, 5.41) is 0. The van der Waals surface area contributed by atoms with Crippen molar-refractivity contribution >= 4 is 23.8 Å². The molecule has 0 bridgehead atoms. The fourth-order valence-electron chi connectivity index (χ4n) is 2.21. The summed E-state index contributed by atoms with van der Waals surface area (Å²) in [5.41, 5.74) is 0.531. The first kappa shape index (κ1) is 17.7. The molecule has 6 heteroatoms. The molecule has 24 heavy (non-hydrogen) atoms. The van der Waals surface area contributed by atoms with Crippen molar-refractivity contribution in [2.75, 3.05) is 13.7 Å². The lowest BCUT2D eigenvalue weighted by Gasteiger charge is -2.22. The zero-order valence-electron chi connectivity index (χ0n) is 14.6. The minimum atomic E-state index is -0.591. The van der Waals surface area contributed by atoms with Crippen LogP contribution in [-0.2, 0) is 14.3 Å². The normalized spacial score (nSPS) is 16.4. The molecule has 0 aromatic heterocycles. The molecule has 0 saturated heterocycles. The van der Waals surface area contributed by atoms with Gasteiger partial charge in [-0.2, -0.15) is 0 Å². The van der Waals surface area contributed by atoms with Crippen LogP contribution in [0.3, 0.4) is 0 Å². The van der Waals surface area contributed by atoms with Gasteiger partial charge in [0.05, 0.1) is 7.11 Å². The minimum Gasteiger partial charge on any atom is -0.497 e. The predicted octanol–water partition coefficient (Wildman–Crippen LogP) is 2.64. The molecule has 0 N–H and O–H groups in total. The van der Waals surface area contributed by atoms with Crippen LogP contribution >= 0.6 is 0 Å². The van der Waals surface area contributed by atoms with Crippen LogP contribution in [0, 0.1) is 0 Å². The second-order valence-corrected chi connectivity index (χ2v) is 6.44. The van der Waals surface area contributed by atoms with Gasteiger partial charge in [-0.3, -0.25) is 14.5 Å². The van der Waals surface area contributed by atoms with E-state index in [1.807, 2.05) is 12.1 Å². The number of carbonyl (C=O) groups excluding carboxylic acids is 2. The summed E-state index contributed by atoms with van der Waals surface area (Å²) in [7, 11) is 1.59. The number of rotatable bonds is 4. The van der Waals surface area contributed by atoms with E-state index in [9.17, 15) is 9.59 Å². The molecule has 0 spiro atoms. The van der Waals surface area contributed by atoms with Gasteiger partial charge in [0.25, 0.3) is 5.91 Å². The van der Waals surface area contributed by atoms with Crippen molar-refractivity contribution in [2.24, 2.45) is 4.99 Å². The third-order valence-corrected chi connectivity index (χ3v) is 3.26. The van der Waals surface area contributed by atoms with E-state index >= 15 is 0 Å². The number of aliphatic imine (C=N–C) groups is 1. The summed E-state index contributed by atoms with van der Waals surface area (Å²) in [6, 6.07) is 7.28. The molecule has 1 heterocycles. The van der Waals surface area contributed by atoms with Crippen LogP contribution in [0.2, 0.25) is 0 Å². The molecule has 0 atom stereocenters. The van der Waals surface area contributed by atoms with Gasteiger partial charge in [0.2, 0.25) is 0 Å². The molecular weight excluding hydrogens is 308 g/mol. The quantitative estimate of drug-likeness (QED) is 0.629. The molecule has 128 valence electrons. The monoisotopic (exact) mass is 330 g/mol. The Hall–Kier alpha value is -2.63. The second-order valence-electron chi connectivity index (χ2n) is 6.44. The lowest BCUT2D eigenvalue weighted by molar-refractivity contribution is -0.156. The molecular formula is C18H22N2O4. The van der Waals surface area contributed by atoms with E-state index in [1.165, 1.54) is 4.90 Å². The average molecular weight is 330 g/mol. The van der Waals surface area contributed by atoms with Gasteiger partial charge in [-0.1, -0.05) is 12.1 Å². The molecule has 0 fully saturated rings. The molecule has 1 aliphatic heterocycles. The molecule has 1 amide bonds. The van der Waals surface area contributed by atoms with Gasteiger partial charge in [0.15, 0.2) is 0 Å². The van der Waals surface area contributed by atoms with E-state index in [0.717, 1.165) is 11.3 Å². The van der Waals surface area contributed by atoms with Crippen LogP contribution in [0.5, 0.6) is 5.75 Å². The molecule has 0 saturated carbocycles. The zero-order valence-corrected chi connectivity index (χ0v) is 14.6. The highest BCUT2D eigenvalue weighted by molar-refractivity contribution is 6.14. The Morgan fingerprint density at radius 2 is 1.88 bits per heavy atom. The number of amidine groups is 1. The van der Waals surface area contributed by atoms with Gasteiger partial charge in [-0.25, -0.2) is 4.99 Å². The van der Waals surface area contributed by atoms with Crippen molar-refractivity contribution in [3.8, 4) is 5.75 Å². The SMILES string of the molecule is COc1ccc(/C=C2\N=C(C)N(CC(=O)OC(C)(C)C)C2=O)cc1. The average Bonchev–Trinajstić information content (AvgIpc) is 2.74. The van der Waals surface area contributed by atoms with Gasteiger partial charge >= 0.3 is 5.97 Å². The van der Waals surface area contributed by atoms with Crippen LogP contribution in [0.1, 0.15) is 33.3 Å². The molecule has 2 rings (SSSR count). The van der Waals surface area contributed by atoms with E-state index in [4.69, 9.17) is 9.47 Å². The third-order valence-electron chi connectivity index (χ3n) is 3.26. The van der Waals surface area contributed by atoms with Crippen LogP contribution in [0.25, 0.3) is 6.08 Å². The molecule has 0 aliphatic carbocycles. The van der Waals surface area contributed by atoms with Gasteiger partial charge < -0.3 is 9.47 Å². The topological polar surface area (TPSA) is 68.2 Å². The number of benzene rings is 1.